The van der Waals surface area contributed by atoms with E-state index in [0.29, 0.717) is 0 Å². The van der Waals surface area contributed by atoms with Gasteiger partial charge in [0.25, 0.3) is 0 Å². The highest BCUT2D eigenvalue weighted by molar-refractivity contribution is 9.10. The molecule has 2 aromatic rings. The lowest BCUT2D eigenvalue weighted by molar-refractivity contribution is 0.449. The van der Waals surface area contributed by atoms with Gasteiger partial charge < -0.3 is 9.73 Å². The highest BCUT2D eigenvalue weighted by Crippen LogP contribution is 2.33. The number of thiophene rings is 1. The van der Waals surface area contributed by atoms with E-state index < -0.39 is 0 Å². The molecule has 2 heterocycles. The van der Waals surface area contributed by atoms with Crippen molar-refractivity contribution < 1.29 is 4.42 Å². The van der Waals surface area contributed by atoms with E-state index in [9.17, 15) is 0 Å². The van der Waals surface area contributed by atoms with Gasteiger partial charge in [-0.1, -0.05) is 6.92 Å². The number of hydrogen-bond donors (Lipinski definition) is 1. The molecule has 2 nitrogen and oxygen atoms in total. The molecule has 0 saturated carbocycles. The molecule has 0 saturated heterocycles. The van der Waals surface area contributed by atoms with Crippen molar-refractivity contribution in [3.8, 4) is 0 Å². The van der Waals surface area contributed by atoms with Gasteiger partial charge in [0.05, 0.1) is 6.26 Å². The van der Waals surface area contributed by atoms with Crippen LogP contribution in [0.5, 0.6) is 0 Å². The van der Waals surface area contributed by atoms with Crippen LogP contribution < -0.4 is 5.32 Å². The molecule has 0 aliphatic heterocycles. The fraction of sp³-hybridized carbons (Fsp3) is 0.333. The summed E-state index contributed by atoms with van der Waals surface area (Å²) in [6.45, 7) is 3.14. The van der Waals surface area contributed by atoms with Crippen molar-refractivity contribution in [3.05, 3.63) is 45.0 Å². The van der Waals surface area contributed by atoms with E-state index >= 15 is 0 Å². The van der Waals surface area contributed by atoms with Gasteiger partial charge in [0, 0.05) is 9.35 Å². The van der Waals surface area contributed by atoms with Crippen molar-refractivity contribution >= 4 is 27.3 Å². The molecule has 0 radical (unpaired) electrons. The van der Waals surface area contributed by atoms with Crippen LogP contribution in [0, 0.1) is 0 Å². The van der Waals surface area contributed by atoms with E-state index in [-0.39, 0.29) is 6.04 Å². The van der Waals surface area contributed by atoms with E-state index in [2.05, 4.69) is 39.6 Å². The summed E-state index contributed by atoms with van der Waals surface area (Å²) in [5, 5.41) is 5.59. The summed E-state index contributed by atoms with van der Waals surface area (Å²) in [7, 11) is 0. The molecule has 0 fully saturated rings. The summed E-state index contributed by atoms with van der Waals surface area (Å²) in [5.74, 6) is 0.969. The average molecular weight is 300 g/mol. The van der Waals surface area contributed by atoms with Gasteiger partial charge in [0.1, 0.15) is 11.8 Å². The molecule has 0 spiro atoms. The van der Waals surface area contributed by atoms with Crippen molar-refractivity contribution in [2.45, 2.75) is 19.4 Å². The summed E-state index contributed by atoms with van der Waals surface area (Å²) in [4.78, 5) is 1.27. The molecular weight excluding hydrogens is 286 g/mol. The third kappa shape index (κ3) is 2.56. The molecule has 0 aromatic carbocycles. The van der Waals surface area contributed by atoms with E-state index in [1.54, 1.807) is 17.6 Å². The number of nitrogens with one attached hydrogen (secondary N) is 1. The monoisotopic (exact) mass is 299 g/mol. The zero-order valence-corrected chi connectivity index (χ0v) is 11.5. The Labute approximate surface area is 108 Å². The van der Waals surface area contributed by atoms with Crippen LogP contribution in [0.25, 0.3) is 0 Å². The zero-order chi connectivity index (χ0) is 11.4. The van der Waals surface area contributed by atoms with Crippen LogP contribution in [0.2, 0.25) is 0 Å². The lowest BCUT2D eigenvalue weighted by atomic mass is 10.2. The summed E-state index contributed by atoms with van der Waals surface area (Å²) in [6, 6.07) is 6.17. The van der Waals surface area contributed by atoms with E-state index in [1.807, 2.05) is 12.1 Å². The van der Waals surface area contributed by atoms with Gasteiger partial charge in [0.2, 0.25) is 0 Å². The largest absolute Gasteiger partial charge is 0.467 e. The van der Waals surface area contributed by atoms with E-state index in [0.717, 1.165) is 23.2 Å². The predicted molar refractivity (Wildman–Crippen MR) is 70.9 cm³/mol. The van der Waals surface area contributed by atoms with Gasteiger partial charge in [-0.3, -0.25) is 0 Å². The smallest absolute Gasteiger partial charge is 0.126 e. The molecule has 16 heavy (non-hydrogen) atoms. The van der Waals surface area contributed by atoms with Gasteiger partial charge in [-0.05, 0) is 52.5 Å². The van der Waals surface area contributed by atoms with Crippen LogP contribution in [0.15, 0.2) is 38.7 Å². The zero-order valence-electron chi connectivity index (χ0n) is 9.07. The van der Waals surface area contributed by atoms with Gasteiger partial charge in [-0.15, -0.1) is 11.3 Å². The molecule has 0 aliphatic carbocycles. The standard InChI is InChI=1S/C12H14BrNOS/c1-2-6-14-11(10-4-3-7-15-10)12-9(13)5-8-16-12/h3-5,7-8,11,14H,2,6H2,1H3. The quantitative estimate of drug-likeness (QED) is 0.895. The topological polar surface area (TPSA) is 25.2 Å². The van der Waals surface area contributed by atoms with Crippen molar-refractivity contribution in [1.82, 2.24) is 5.32 Å². The molecule has 0 bridgehead atoms. The Morgan fingerprint density at radius 1 is 1.50 bits per heavy atom. The first-order valence-electron chi connectivity index (χ1n) is 5.32. The van der Waals surface area contributed by atoms with Crippen LogP contribution >= 0.6 is 27.3 Å². The van der Waals surface area contributed by atoms with Gasteiger partial charge in [-0.25, -0.2) is 0 Å². The Kier molecular flexibility index (Phi) is 4.21. The molecule has 1 N–H and O–H groups in total. The van der Waals surface area contributed by atoms with Crippen LogP contribution in [0.1, 0.15) is 30.0 Å². The minimum absolute atomic E-state index is 0.157. The molecule has 1 unspecified atom stereocenters. The highest BCUT2D eigenvalue weighted by atomic mass is 79.9. The molecule has 0 aliphatic rings. The van der Waals surface area contributed by atoms with Crippen LogP contribution in [0.3, 0.4) is 0 Å². The average Bonchev–Trinajstić information content (AvgIpc) is 2.91. The third-order valence-corrected chi connectivity index (χ3v) is 4.27. The van der Waals surface area contributed by atoms with Gasteiger partial charge >= 0.3 is 0 Å². The Balaban J connectivity index is 2.25. The first-order chi connectivity index (χ1) is 7.83. The van der Waals surface area contributed by atoms with Gasteiger partial charge in [-0.2, -0.15) is 0 Å². The first-order valence-corrected chi connectivity index (χ1v) is 7.00. The number of halogens is 1. The molecular formula is C12H14BrNOS. The molecule has 86 valence electrons. The Hall–Kier alpha value is -0.580. The molecule has 2 aromatic heterocycles. The lowest BCUT2D eigenvalue weighted by Crippen LogP contribution is -2.22. The molecule has 4 heteroatoms. The summed E-state index contributed by atoms with van der Waals surface area (Å²) < 4.78 is 6.64. The fourth-order valence-electron chi connectivity index (χ4n) is 1.58. The van der Waals surface area contributed by atoms with Crippen molar-refractivity contribution in [1.29, 1.82) is 0 Å². The SMILES string of the molecule is CCCNC(c1ccco1)c1sccc1Br. The minimum atomic E-state index is 0.157. The number of furan rings is 1. The predicted octanol–water partition coefficient (Wildman–Crippen LogP) is 4.19. The van der Waals surface area contributed by atoms with Crippen molar-refractivity contribution in [2.75, 3.05) is 6.54 Å². The fourth-order valence-corrected chi connectivity index (χ4v) is 3.26. The Morgan fingerprint density at radius 3 is 2.94 bits per heavy atom. The second-order valence-electron chi connectivity index (χ2n) is 3.54. The lowest BCUT2D eigenvalue weighted by Gasteiger charge is -2.15. The number of hydrogen-bond acceptors (Lipinski definition) is 3. The second-order valence-corrected chi connectivity index (χ2v) is 5.34. The summed E-state index contributed by atoms with van der Waals surface area (Å²) >= 11 is 5.31. The van der Waals surface area contributed by atoms with Crippen molar-refractivity contribution in [2.24, 2.45) is 0 Å². The highest BCUT2D eigenvalue weighted by Gasteiger charge is 2.19. The van der Waals surface area contributed by atoms with Crippen LogP contribution in [-0.2, 0) is 0 Å². The van der Waals surface area contributed by atoms with Gasteiger partial charge in [0.15, 0.2) is 0 Å². The molecule has 1 atom stereocenters. The first kappa shape index (κ1) is 11.9. The Bertz CT molecular complexity index is 424. The third-order valence-electron chi connectivity index (χ3n) is 2.33. The normalized spacial score (nSPS) is 12.9. The van der Waals surface area contributed by atoms with E-state index in [1.165, 1.54) is 4.88 Å². The van der Waals surface area contributed by atoms with E-state index in [4.69, 9.17) is 4.42 Å². The Morgan fingerprint density at radius 2 is 2.38 bits per heavy atom. The van der Waals surface area contributed by atoms with Crippen molar-refractivity contribution in [3.63, 3.8) is 0 Å². The number of rotatable bonds is 5. The maximum atomic E-state index is 5.49. The summed E-state index contributed by atoms with van der Waals surface area (Å²) in [5.41, 5.74) is 0. The molecule has 2 rings (SSSR count). The maximum absolute atomic E-state index is 5.49. The molecule has 0 amide bonds. The second kappa shape index (κ2) is 5.66. The maximum Gasteiger partial charge on any atom is 0.126 e. The summed E-state index contributed by atoms with van der Waals surface area (Å²) in [6.07, 6.45) is 2.83. The van der Waals surface area contributed by atoms with Crippen LogP contribution in [-0.4, -0.2) is 6.54 Å². The van der Waals surface area contributed by atoms with Crippen LogP contribution in [0.4, 0.5) is 0 Å². The minimum Gasteiger partial charge on any atom is -0.467 e.